The largest absolute Gasteiger partial charge is 0.329 e. The molecule has 0 bridgehead atoms. The lowest BCUT2D eigenvalue weighted by atomic mass is 9.77. The van der Waals surface area contributed by atoms with Gasteiger partial charge in [-0.15, -0.1) is 0 Å². The lowest BCUT2D eigenvalue weighted by Crippen LogP contribution is -2.52. The first-order valence-electron chi connectivity index (χ1n) is 8.61. The molecular weight excluding hydrogens is 232 g/mol. The van der Waals surface area contributed by atoms with Gasteiger partial charge in [-0.05, 0) is 50.0 Å². The van der Waals surface area contributed by atoms with Crippen molar-refractivity contribution in [3.63, 3.8) is 0 Å². The fourth-order valence-corrected chi connectivity index (χ4v) is 4.34. The Bertz CT molecular complexity index is 264. The molecule has 1 saturated heterocycles. The lowest BCUT2D eigenvalue weighted by molar-refractivity contribution is 0.0350. The Balaban J connectivity index is 1.95. The summed E-state index contributed by atoms with van der Waals surface area (Å²) in [6.45, 7) is 9.30. The molecule has 2 fully saturated rings. The monoisotopic (exact) mass is 266 g/mol. The normalized spacial score (nSPS) is 37.7. The fraction of sp³-hybridized carbons (Fsp3) is 1.00. The summed E-state index contributed by atoms with van der Waals surface area (Å²) in [5, 5.41) is 0. The van der Waals surface area contributed by atoms with Crippen molar-refractivity contribution in [1.29, 1.82) is 0 Å². The van der Waals surface area contributed by atoms with E-state index in [1.54, 1.807) is 0 Å². The van der Waals surface area contributed by atoms with Crippen LogP contribution in [-0.4, -0.2) is 30.1 Å². The molecule has 2 rings (SSSR count). The number of nitrogens with zero attached hydrogens (tertiary/aromatic N) is 1. The number of hydrogen-bond acceptors (Lipinski definition) is 2. The highest BCUT2D eigenvalue weighted by Crippen LogP contribution is 2.36. The summed E-state index contributed by atoms with van der Waals surface area (Å²) >= 11 is 0. The van der Waals surface area contributed by atoms with Gasteiger partial charge in [-0.25, -0.2) is 0 Å². The van der Waals surface area contributed by atoms with Gasteiger partial charge in [0.05, 0.1) is 0 Å². The summed E-state index contributed by atoms with van der Waals surface area (Å²) in [5.41, 5.74) is 6.07. The molecule has 1 saturated carbocycles. The third-order valence-electron chi connectivity index (χ3n) is 5.82. The highest BCUT2D eigenvalue weighted by Gasteiger charge is 2.34. The Morgan fingerprint density at radius 1 is 1.16 bits per heavy atom. The molecule has 1 aliphatic heterocycles. The van der Waals surface area contributed by atoms with Crippen molar-refractivity contribution in [1.82, 2.24) is 4.90 Å². The molecule has 4 unspecified atom stereocenters. The van der Waals surface area contributed by atoms with Crippen LogP contribution in [0.15, 0.2) is 0 Å². The molecule has 2 aliphatic rings. The lowest BCUT2D eigenvalue weighted by Gasteiger charge is -2.46. The summed E-state index contributed by atoms with van der Waals surface area (Å²) in [4.78, 5) is 2.79. The van der Waals surface area contributed by atoms with Gasteiger partial charge in [-0.2, -0.15) is 0 Å². The molecule has 0 amide bonds. The van der Waals surface area contributed by atoms with E-state index >= 15 is 0 Å². The highest BCUT2D eigenvalue weighted by molar-refractivity contribution is 4.89. The van der Waals surface area contributed by atoms with Crippen molar-refractivity contribution < 1.29 is 0 Å². The maximum atomic E-state index is 6.07. The molecule has 112 valence electrons. The number of hydrogen-bond donors (Lipinski definition) is 1. The first-order chi connectivity index (χ1) is 9.15. The van der Waals surface area contributed by atoms with Gasteiger partial charge in [0.1, 0.15) is 0 Å². The third kappa shape index (κ3) is 3.72. The van der Waals surface area contributed by atoms with Gasteiger partial charge in [0.2, 0.25) is 0 Å². The first-order valence-corrected chi connectivity index (χ1v) is 8.61. The second-order valence-electron chi connectivity index (χ2n) is 7.25. The van der Waals surface area contributed by atoms with Crippen molar-refractivity contribution in [2.75, 3.05) is 13.1 Å². The van der Waals surface area contributed by atoms with Crippen LogP contribution in [0.1, 0.15) is 65.7 Å². The quantitative estimate of drug-likeness (QED) is 0.841. The molecule has 19 heavy (non-hydrogen) atoms. The second kappa shape index (κ2) is 7.08. The molecule has 4 atom stereocenters. The van der Waals surface area contributed by atoms with Crippen LogP contribution < -0.4 is 5.73 Å². The van der Waals surface area contributed by atoms with E-state index in [-0.39, 0.29) is 0 Å². The molecule has 2 nitrogen and oxygen atoms in total. The maximum absolute atomic E-state index is 6.07. The molecule has 0 radical (unpaired) electrons. The minimum absolute atomic E-state index is 0.662. The van der Waals surface area contributed by atoms with Gasteiger partial charge in [-0.3, -0.25) is 4.90 Å². The van der Waals surface area contributed by atoms with Crippen molar-refractivity contribution in [3.05, 3.63) is 0 Å². The minimum atomic E-state index is 0.662. The average molecular weight is 266 g/mol. The maximum Gasteiger partial charge on any atom is 0.0223 e. The predicted octanol–water partition coefficient (Wildman–Crippen LogP) is 3.65. The van der Waals surface area contributed by atoms with E-state index in [4.69, 9.17) is 5.73 Å². The van der Waals surface area contributed by atoms with Crippen LogP contribution in [0.5, 0.6) is 0 Å². The SMILES string of the molecule is CCC1CCN(C2CCCC(C(C)C)C2)C(CN)C1. The summed E-state index contributed by atoms with van der Waals surface area (Å²) in [6.07, 6.45) is 9.79. The van der Waals surface area contributed by atoms with Crippen molar-refractivity contribution in [2.24, 2.45) is 23.5 Å². The Hall–Kier alpha value is -0.0800. The standard InChI is InChI=1S/C17H34N2/c1-4-14-8-9-19(17(10-14)12-18)16-7-5-6-15(11-16)13(2)3/h13-17H,4-12,18H2,1-3H3. The highest BCUT2D eigenvalue weighted by atomic mass is 15.2. The molecule has 2 N–H and O–H groups in total. The molecular formula is C17H34N2. The number of likely N-dealkylation sites (tertiary alicyclic amines) is 1. The molecule has 1 aliphatic carbocycles. The van der Waals surface area contributed by atoms with Crippen molar-refractivity contribution in [2.45, 2.75) is 77.8 Å². The van der Waals surface area contributed by atoms with Gasteiger partial charge in [0.25, 0.3) is 0 Å². The van der Waals surface area contributed by atoms with E-state index in [9.17, 15) is 0 Å². The van der Waals surface area contributed by atoms with E-state index in [0.29, 0.717) is 6.04 Å². The van der Waals surface area contributed by atoms with Crippen molar-refractivity contribution in [3.8, 4) is 0 Å². The van der Waals surface area contributed by atoms with Gasteiger partial charge >= 0.3 is 0 Å². The van der Waals surface area contributed by atoms with Crippen LogP contribution in [0, 0.1) is 17.8 Å². The van der Waals surface area contributed by atoms with Crippen LogP contribution in [0.2, 0.25) is 0 Å². The van der Waals surface area contributed by atoms with E-state index < -0.39 is 0 Å². The summed E-state index contributed by atoms with van der Waals surface area (Å²) < 4.78 is 0. The number of rotatable bonds is 4. The Kier molecular flexibility index (Phi) is 5.70. The van der Waals surface area contributed by atoms with Crippen molar-refractivity contribution >= 4 is 0 Å². The number of nitrogens with two attached hydrogens (primary N) is 1. The van der Waals surface area contributed by atoms with Crippen LogP contribution in [0.3, 0.4) is 0 Å². The van der Waals surface area contributed by atoms with Crippen LogP contribution in [-0.2, 0) is 0 Å². The second-order valence-corrected chi connectivity index (χ2v) is 7.25. The summed E-state index contributed by atoms with van der Waals surface area (Å²) in [6, 6.07) is 1.49. The molecule has 0 aromatic heterocycles. The molecule has 2 heteroatoms. The fourth-order valence-electron chi connectivity index (χ4n) is 4.34. The van der Waals surface area contributed by atoms with Gasteiger partial charge in [-0.1, -0.05) is 40.0 Å². The van der Waals surface area contributed by atoms with E-state index in [2.05, 4.69) is 25.7 Å². The van der Waals surface area contributed by atoms with Crippen LogP contribution in [0.4, 0.5) is 0 Å². The van der Waals surface area contributed by atoms with Crippen LogP contribution >= 0.6 is 0 Å². The van der Waals surface area contributed by atoms with E-state index in [1.807, 2.05) is 0 Å². The Labute approximate surface area is 120 Å². The average Bonchev–Trinajstić information content (AvgIpc) is 2.46. The molecule has 0 spiro atoms. The van der Waals surface area contributed by atoms with Gasteiger partial charge < -0.3 is 5.73 Å². The molecule has 1 heterocycles. The number of piperidine rings is 1. The predicted molar refractivity (Wildman–Crippen MR) is 83.1 cm³/mol. The molecule has 0 aromatic rings. The van der Waals surface area contributed by atoms with Gasteiger partial charge in [0.15, 0.2) is 0 Å². The minimum Gasteiger partial charge on any atom is -0.329 e. The van der Waals surface area contributed by atoms with Crippen LogP contribution in [0.25, 0.3) is 0 Å². The Morgan fingerprint density at radius 2 is 1.95 bits per heavy atom. The van der Waals surface area contributed by atoms with E-state index in [1.165, 1.54) is 51.5 Å². The van der Waals surface area contributed by atoms with Gasteiger partial charge in [0, 0.05) is 18.6 Å². The first kappa shape index (κ1) is 15.3. The zero-order valence-electron chi connectivity index (χ0n) is 13.3. The summed E-state index contributed by atoms with van der Waals surface area (Å²) in [7, 11) is 0. The zero-order chi connectivity index (χ0) is 13.8. The smallest absolute Gasteiger partial charge is 0.0223 e. The zero-order valence-corrected chi connectivity index (χ0v) is 13.3. The summed E-state index contributed by atoms with van der Waals surface area (Å²) in [5.74, 6) is 2.72. The topological polar surface area (TPSA) is 29.3 Å². The van der Waals surface area contributed by atoms with E-state index in [0.717, 1.165) is 30.3 Å². The molecule has 0 aromatic carbocycles. The Morgan fingerprint density at radius 3 is 2.58 bits per heavy atom. The third-order valence-corrected chi connectivity index (χ3v) is 5.82.